The van der Waals surface area contributed by atoms with Gasteiger partial charge < -0.3 is 6.15 Å². The van der Waals surface area contributed by atoms with Gasteiger partial charge in [-0.1, -0.05) is 20.3 Å². The fraction of sp³-hybridized carbons (Fsp3) is 1.00. The highest BCUT2D eigenvalue weighted by molar-refractivity contribution is 7.79. The molecule has 0 saturated carbocycles. The summed E-state index contributed by atoms with van der Waals surface area (Å²) in [4.78, 5) is 0. The van der Waals surface area contributed by atoms with Crippen molar-refractivity contribution in [1.82, 2.24) is 6.15 Å². The van der Waals surface area contributed by atoms with Gasteiger partial charge >= 0.3 is 10.4 Å². The smallest absolute Gasteiger partial charge is 0.344 e. The van der Waals surface area contributed by atoms with Crippen LogP contribution in [0.1, 0.15) is 20.3 Å². The van der Waals surface area contributed by atoms with Gasteiger partial charge in [-0.3, -0.25) is 9.11 Å². The van der Waals surface area contributed by atoms with Crippen LogP contribution in [0, 0.1) is 0 Å². The zero-order valence-corrected chi connectivity index (χ0v) is 6.35. The fourth-order valence-electron chi connectivity index (χ4n) is 0. The first-order valence-corrected chi connectivity index (χ1v) is 3.51. The molecule has 5 nitrogen and oxygen atoms in total. The van der Waals surface area contributed by atoms with Crippen molar-refractivity contribution in [2.45, 2.75) is 20.3 Å². The molecule has 0 fully saturated rings. The van der Waals surface area contributed by atoms with Gasteiger partial charge in [0.15, 0.2) is 0 Å². The van der Waals surface area contributed by atoms with E-state index in [0.717, 1.165) is 0 Å². The van der Waals surface area contributed by atoms with Gasteiger partial charge in [-0.05, 0) is 0 Å². The minimum Gasteiger partial charge on any atom is -0.344 e. The third kappa shape index (κ3) is 9210. The summed E-state index contributed by atoms with van der Waals surface area (Å²) in [5, 5.41) is 0. The Morgan fingerprint density at radius 1 is 1.22 bits per heavy atom. The normalized spacial score (nSPS) is 8.44. The van der Waals surface area contributed by atoms with Crippen LogP contribution in [-0.4, -0.2) is 17.5 Å². The maximum atomic E-state index is 8.74. The first kappa shape index (κ1) is 15.9. The molecule has 60 valence electrons. The SMILES string of the molecule is CCC.N.O=S(=O)(O)O. The van der Waals surface area contributed by atoms with Crippen LogP contribution in [0.3, 0.4) is 0 Å². The summed E-state index contributed by atoms with van der Waals surface area (Å²) >= 11 is 0. The van der Waals surface area contributed by atoms with Crippen molar-refractivity contribution in [2.75, 3.05) is 0 Å². The average Bonchev–Trinajstić information content (AvgIpc) is 1.27. The van der Waals surface area contributed by atoms with Crippen LogP contribution in [0.4, 0.5) is 0 Å². The van der Waals surface area contributed by atoms with E-state index in [1.807, 2.05) is 0 Å². The van der Waals surface area contributed by atoms with Crippen molar-refractivity contribution in [3.8, 4) is 0 Å². The van der Waals surface area contributed by atoms with E-state index < -0.39 is 10.4 Å². The molecular weight excluding hydrogens is 146 g/mol. The molecule has 0 rings (SSSR count). The summed E-state index contributed by atoms with van der Waals surface area (Å²) in [6, 6.07) is 0. The highest BCUT2D eigenvalue weighted by atomic mass is 32.3. The van der Waals surface area contributed by atoms with E-state index in [2.05, 4.69) is 13.8 Å². The van der Waals surface area contributed by atoms with Gasteiger partial charge in [-0.15, -0.1) is 0 Å². The van der Waals surface area contributed by atoms with Gasteiger partial charge in [-0.25, -0.2) is 0 Å². The third-order valence-corrected chi connectivity index (χ3v) is 0. The van der Waals surface area contributed by atoms with E-state index in [4.69, 9.17) is 17.5 Å². The molecule has 0 aromatic carbocycles. The molecular formula is C3H13NO4S. The first-order chi connectivity index (χ1) is 3.41. The quantitative estimate of drug-likeness (QED) is 0.455. The molecule has 0 saturated heterocycles. The zero-order valence-electron chi connectivity index (χ0n) is 5.53. The molecule has 0 bridgehead atoms. The molecule has 6 heteroatoms. The Labute approximate surface area is 55.2 Å². The molecule has 0 amide bonds. The molecule has 0 aliphatic carbocycles. The monoisotopic (exact) mass is 159 g/mol. The Bertz CT molecular complexity index is 110. The van der Waals surface area contributed by atoms with Crippen LogP contribution in [0.2, 0.25) is 0 Å². The van der Waals surface area contributed by atoms with Crippen LogP contribution in [0.15, 0.2) is 0 Å². The van der Waals surface area contributed by atoms with E-state index >= 15 is 0 Å². The summed E-state index contributed by atoms with van der Waals surface area (Å²) in [7, 11) is -4.67. The molecule has 5 N–H and O–H groups in total. The average molecular weight is 159 g/mol. The van der Waals surface area contributed by atoms with E-state index in [1.165, 1.54) is 6.42 Å². The summed E-state index contributed by atoms with van der Waals surface area (Å²) in [5.41, 5.74) is 0. The minimum absolute atomic E-state index is 0. The maximum Gasteiger partial charge on any atom is 0.394 e. The van der Waals surface area contributed by atoms with Crippen LogP contribution in [0.25, 0.3) is 0 Å². The van der Waals surface area contributed by atoms with Gasteiger partial charge in [0.1, 0.15) is 0 Å². The standard InChI is InChI=1S/C3H8.H3N.H2O4S/c1-3-2;;1-5(2,3)4/h3H2,1-2H3;1H3;(H2,1,2,3,4). The molecule has 0 unspecified atom stereocenters. The lowest BCUT2D eigenvalue weighted by Gasteiger charge is -1.68. The topological polar surface area (TPSA) is 110 Å². The van der Waals surface area contributed by atoms with Crippen molar-refractivity contribution in [1.29, 1.82) is 0 Å². The highest BCUT2D eigenvalue weighted by Gasteiger charge is 1.84. The second kappa shape index (κ2) is 7.83. The predicted molar refractivity (Wildman–Crippen MR) is 35.2 cm³/mol. The van der Waals surface area contributed by atoms with E-state index in [1.54, 1.807) is 0 Å². The third-order valence-electron chi connectivity index (χ3n) is 0. The van der Waals surface area contributed by atoms with Crippen molar-refractivity contribution in [3.63, 3.8) is 0 Å². The van der Waals surface area contributed by atoms with Crippen molar-refractivity contribution >= 4 is 10.4 Å². The summed E-state index contributed by atoms with van der Waals surface area (Å²) in [5.74, 6) is 0. The second-order valence-corrected chi connectivity index (χ2v) is 2.05. The molecule has 0 radical (unpaired) electrons. The molecule has 0 spiro atoms. The maximum absolute atomic E-state index is 8.74. The number of hydrogen-bond acceptors (Lipinski definition) is 3. The van der Waals surface area contributed by atoms with Crippen LogP contribution < -0.4 is 6.15 Å². The van der Waals surface area contributed by atoms with Gasteiger partial charge in [0.2, 0.25) is 0 Å². The second-order valence-electron chi connectivity index (χ2n) is 1.15. The van der Waals surface area contributed by atoms with E-state index in [9.17, 15) is 0 Å². The molecule has 0 aromatic heterocycles. The van der Waals surface area contributed by atoms with E-state index in [0.29, 0.717) is 0 Å². The Morgan fingerprint density at radius 3 is 1.22 bits per heavy atom. The van der Waals surface area contributed by atoms with Crippen molar-refractivity contribution in [3.05, 3.63) is 0 Å². The molecule has 9 heavy (non-hydrogen) atoms. The summed E-state index contributed by atoms with van der Waals surface area (Å²) < 4.78 is 31.6. The van der Waals surface area contributed by atoms with Gasteiger partial charge in [0.25, 0.3) is 0 Å². The van der Waals surface area contributed by atoms with Gasteiger partial charge in [0.05, 0.1) is 0 Å². The fourth-order valence-corrected chi connectivity index (χ4v) is 0. The lowest BCUT2D eigenvalue weighted by molar-refractivity contribution is 0.381. The Balaban J connectivity index is -0.0000000800. The highest BCUT2D eigenvalue weighted by Crippen LogP contribution is 1.59. The Morgan fingerprint density at radius 2 is 1.22 bits per heavy atom. The summed E-state index contributed by atoms with van der Waals surface area (Å²) in [6.45, 7) is 4.25. The first-order valence-electron chi connectivity index (χ1n) is 2.11. The van der Waals surface area contributed by atoms with Crippen LogP contribution >= 0.6 is 0 Å². The van der Waals surface area contributed by atoms with Crippen LogP contribution in [-0.2, 0) is 10.4 Å². The zero-order chi connectivity index (χ0) is 7.21. The number of hydrogen-bond donors (Lipinski definition) is 3. The molecule has 0 aliphatic rings. The van der Waals surface area contributed by atoms with E-state index in [-0.39, 0.29) is 6.15 Å². The lowest BCUT2D eigenvalue weighted by atomic mass is 10.6. The van der Waals surface area contributed by atoms with Crippen LogP contribution in [0.5, 0.6) is 0 Å². The predicted octanol–water partition coefficient (Wildman–Crippen LogP) is 0.925. The molecule has 0 heterocycles. The Kier molecular flexibility index (Phi) is 13.9. The molecule has 0 aliphatic heterocycles. The van der Waals surface area contributed by atoms with Crippen molar-refractivity contribution < 1.29 is 17.5 Å². The van der Waals surface area contributed by atoms with Crippen molar-refractivity contribution in [2.24, 2.45) is 0 Å². The minimum atomic E-state index is -4.67. The Hall–Kier alpha value is -0.170. The molecule has 0 aromatic rings. The summed E-state index contributed by atoms with van der Waals surface area (Å²) in [6.07, 6.45) is 1.25. The lowest BCUT2D eigenvalue weighted by Crippen LogP contribution is -1.89. The van der Waals surface area contributed by atoms with Gasteiger partial charge in [0, 0.05) is 0 Å². The van der Waals surface area contributed by atoms with Gasteiger partial charge in [-0.2, -0.15) is 8.42 Å². The number of rotatable bonds is 0. The largest absolute Gasteiger partial charge is 0.394 e. The molecule has 0 atom stereocenters.